The van der Waals surface area contributed by atoms with Gasteiger partial charge < -0.3 is 5.32 Å². The van der Waals surface area contributed by atoms with Gasteiger partial charge in [0, 0.05) is 11.5 Å². The lowest BCUT2D eigenvalue weighted by atomic mass is 10.1. The molecule has 15 heteroatoms. The third kappa shape index (κ3) is 4.12. The topological polar surface area (TPSA) is 87.8 Å². The molecule has 0 radical (unpaired) electrons. The first kappa shape index (κ1) is 23.5. The van der Waals surface area contributed by atoms with Gasteiger partial charge in [0.25, 0.3) is 9.84 Å². The van der Waals surface area contributed by atoms with E-state index in [4.69, 9.17) is 16.9 Å². The van der Waals surface area contributed by atoms with Crippen molar-refractivity contribution in [2.24, 2.45) is 0 Å². The molecule has 0 saturated carbocycles. The molecular weight excluding hydrogens is 565 g/mol. The Labute approximate surface area is 178 Å². The Bertz CT molecular complexity index is 1110. The van der Waals surface area contributed by atoms with Crippen LogP contribution in [0.15, 0.2) is 17.0 Å². The molecule has 2 aromatic rings. The zero-order valence-electron chi connectivity index (χ0n) is 14.0. The minimum atomic E-state index is -6.01. The van der Waals surface area contributed by atoms with Crippen LogP contribution in [0.1, 0.15) is 16.8 Å². The lowest BCUT2D eigenvalue weighted by Crippen LogP contribution is -2.24. The summed E-state index contributed by atoms with van der Waals surface area (Å²) in [5, 5.41) is 14.3. The molecule has 0 spiro atoms. The Kier molecular flexibility index (Phi) is 6.36. The van der Waals surface area contributed by atoms with Crippen molar-refractivity contribution in [2.75, 3.05) is 12.4 Å². The Morgan fingerprint density at radius 3 is 2.28 bits per heavy atom. The average molecular weight is 573 g/mol. The molecule has 0 bridgehead atoms. The smallest absolute Gasteiger partial charge is 0.372 e. The Balaban J connectivity index is 2.94. The van der Waals surface area contributed by atoms with Gasteiger partial charge in [-0.1, -0.05) is 34.2 Å². The Hall–Kier alpha value is -1.73. The van der Waals surface area contributed by atoms with E-state index < -0.39 is 48.5 Å². The van der Waals surface area contributed by atoms with Gasteiger partial charge in [-0.15, -0.1) is 0 Å². The van der Waals surface area contributed by atoms with Gasteiger partial charge in [0.1, 0.15) is 11.9 Å². The summed E-state index contributed by atoms with van der Waals surface area (Å²) in [4.78, 5) is -1.45. The third-order valence-electron chi connectivity index (χ3n) is 3.58. The first-order valence-electron chi connectivity index (χ1n) is 7.18. The van der Waals surface area contributed by atoms with Gasteiger partial charge in [0.2, 0.25) is 0 Å². The van der Waals surface area contributed by atoms with E-state index in [0.717, 1.165) is 7.05 Å². The van der Waals surface area contributed by atoms with Crippen LogP contribution in [0.25, 0.3) is 5.69 Å². The fourth-order valence-electron chi connectivity index (χ4n) is 2.39. The second kappa shape index (κ2) is 7.84. The summed E-state index contributed by atoms with van der Waals surface area (Å²) in [6, 6.07) is 2.49. The van der Waals surface area contributed by atoms with Crippen LogP contribution in [0.4, 0.5) is 32.2 Å². The summed E-state index contributed by atoms with van der Waals surface area (Å²) in [6.45, 7) is 0. The van der Waals surface area contributed by atoms with Crippen LogP contribution in [-0.4, -0.2) is 30.8 Å². The van der Waals surface area contributed by atoms with Gasteiger partial charge in [0.05, 0.1) is 16.3 Å². The van der Waals surface area contributed by atoms with Crippen LogP contribution in [0.5, 0.6) is 0 Å². The van der Waals surface area contributed by atoms with Crippen LogP contribution in [-0.2, 0) is 20.4 Å². The number of anilines is 1. The maximum atomic E-state index is 13.1. The number of benzene rings is 1. The number of nitriles is 1. The molecule has 0 amide bonds. The van der Waals surface area contributed by atoms with E-state index in [2.05, 4.69) is 10.4 Å². The van der Waals surface area contributed by atoms with Crippen LogP contribution >= 0.6 is 34.2 Å². The maximum Gasteiger partial charge on any atom is 0.502 e. The fraction of sp³-hybridized carbons (Fsp3) is 0.286. The van der Waals surface area contributed by atoms with Gasteiger partial charge in [-0.25, -0.2) is 13.1 Å². The normalized spacial score (nSPS) is 12.7. The number of halogens is 8. The lowest BCUT2D eigenvalue weighted by Gasteiger charge is -2.16. The summed E-state index contributed by atoms with van der Waals surface area (Å²) in [5.41, 5.74) is -8.33. The second-order valence-corrected chi connectivity index (χ2v) is 8.39. The van der Waals surface area contributed by atoms with E-state index in [1.165, 1.54) is 6.07 Å². The van der Waals surface area contributed by atoms with Crippen molar-refractivity contribution in [3.63, 3.8) is 0 Å². The first-order valence-corrected chi connectivity index (χ1v) is 10.6. The lowest BCUT2D eigenvalue weighted by molar-refractivity contribution is -0.137. The number of alkyl halides is 7. The van der Waals surface area contributed by atoms with E-state index in [-0.39, 0.29) is 15.7 Å². The predicted molar refractivity (Wildman–Crippen MR) is 98.8 cm³/mol. The molecule has 0 atom stereocenters. The Morgan fingerprint density at radius 1 is 1.28 bits per heavy atom. The molecule has 1 N–H and O–H groups in total. The highest BCUT2D eigenvalue weighted by Crippen LogP contribution is 2.41. The van der Waals surface area contributed by atoms with Gasteiger partial charge >= 0.3 is 11.7 Å². The molecule has 0 fully saturated rings. The molecule has 2 rings (SSSR count). The van der Waals surface area contributed by atoms with Crippen LogP contribution in [0.2, 0.25) is 5.02 Å². The van der Waals surface area contributed by atoms with Crippen molar-refractivity contribution in [2.45, 2.75) is 21.0 Å². The van der Waals surface area contributed by atoms with Crippen molar-refractivity contribution in [1.29, 1.82) is 5.26 Å². The van der Waals surface area contributed by atoms with Crippen LogP contribution in [0.3, 0.4) is 0 Å². The largest absolute Gasteiger partial charge is 0.502 e. The zero-order chi connectivity index (χ0) is 22.4. The fourth-order valence-corrected chi connectivity index (χ4v) is 4.30. The first-order chi connectivity index (χ1) is 13.2. The molecule has 0 unspecified atom stereocenters. The summed E-state index contributed by atoms with van der Waals surface area (Å²) in [5.74, 6) is -0.772. The quantitative estimate of drug-likeness (QED) is 0.327. The molecule has 0 aliphatic heterocycles. The molecular formula is C14H8ClF6IN4O2S. The van der Waals surface area contributed by atoms with Crippen LogP contribution in [0, 0.1) is 11.3 Å². The SMILES string of the molecule is CNc1c(S(=O)(=O)C(F)(F)F)c(C#N)nn1-c1c(Cl)cc(C(F)(F)F)cc1CI. The molecule has 29 heavy (non-hydrogen) atoms. The average Bonchev–Trinajstić information content (AvgIpc) is 2.97. The van der Waals surface area contributed by atoms with Crippen LogP contribution < -0.4 is 5.32 Å². The van der Waals surface area contributed by atoms with Crippen molar-refractivity contribution in [3.05, 3.63) is 34.0 Å². The highest BCUT2D eigenvalue weighted by molar-refractivity contribution is 14.1. The van der Waals surface area contributed by atoms with Gasteiger partial charge in [-0.2, -0.15) is 36.7 Å². The highest BCUT2D eigenvalue weighted by Gasteiger charge is 2.51. The molecule has 0 saturated heterocycles. The van der Waals surface area contributed by atoms with Gasteiger partial charge in [-0.05, 0) is 17.7 Å². The monoisotopic (exact) mass is 572 g/mol. The summed E-state index contributed by atoms with van der Waals surface area (Å²) >= 11 is 7.64. The molecule has 0 aliphatic rings. The summed E-state index contributed by atoms with van der Waals surface area (Å²) in [6.07, 6.45) is -4.75. The third-order valence-corrected chi connectivity index (χ3v) is 6.23. The standard InChI is InChI=1S/C14H8ClF6IN4O2S/c1-24-12-11(29(27,28)14(19,20)21)9(5-23)25-26(12)10-6(4-22)2-7(3-8(10)15)13(16,17)18/h2-3,24H,4H2,1H3. The minimum Gasteiger partial charge on any atom is -0.372 e. The van der Waals surface area contributed by atoms with E-state index in [1.54, 1.807) is 22.6 Å². The van der Waals surface area contributed by atoms with Crippen molar-refractivity contribution in [3.8, 4) is 11.8 Å². The van der Waals surface area contributed by atoms with Crippen molar-refractivity contribution < 1.29 is 34.8 Å². The van der Waals surface area contributed by atoms with E-state index in [1.807, 2.05) is 0 Å². The molecule has 0 aliphatic carbocycles. The Morgan fingerprint density at radius 2 is 1.86 bits per heavy atom. The zero-order valence-corrected chi connectivity index (χ0v) is 17.7. The van der Waals surface area contributed by atoms with Gasteiger partial charge in [-0.3, -0.25) is 0 Å². The highest BCUT2D eigenvalue weighted by atomic mass is 127. The van der Waals surface area contributed by atoms with E-state index in [0.29, 0.717) is 16.8 Å². The predicted octanol–water partition coefficient (Wildman–Crippen LogP) is 4.69. The number of nitrogens with zero attached hydrogens (tertiary/aromatic N) is 3. The number of aromatic nitrogens is 2. The number of hydrogen-bond acceptors (Lipinski definition) is 5. The number of hydrogen-bond donors (Lipinski definition) is 1. The molecule has 158 valence electrons. The second-order valence-electron chi connectivity index (χ2n) is 5.35. The van der Waals surface area contributed by atoms with Crippen molar-refractivity contribution >= 4 is 49.8 Å². The molecule has 6 nitrogen and oxygen atoms in total. The minimum absolute atomic E-state index is 0.0804. The van der Waals surface area contributed by atoms with Crippen molar-refractivity contribution in [1.82, 2.24) is 9.78 Å². The van der Waals surface area contributed by atoms with E-state index in [9.17, 15) is 34.8 Å². The number of nitrogens with one attached hydrogen (secondary N) is 1. The van der Waals surface area contributed by atoms with Gasteiger partial charge in [0.15, 0.2) is 10.6 Å². The molecule has 1 heterocycles. The molecule has 1 aromatic carbocycles. The number of rotatable bonds is 4. The summed E-state index contributed by atoms with van der Waals surface area (Å²) < 4.78 is 103. The number of sulfone groups is 1. The van der Waals surface area contributed by atoms with E-state index >= 15 is 0 Å². The summed E-state index contributed by atoms with van der Waals surface area (Å²) in [7, 11) is -4.94. The maximum absolute atomic E-state index is 13.1. The molecule has 1 aromatic heterocycles.